The van der Waals surface area contributed by atoms with Crippen LogP contribution in [0.2, 0.25) is 0 Å². The van der Waals surface area contributed by atoms with Crippen LogP contribution in [0.1, 0.15) is 6.92 Å². The molecule has 0 saturated carbocycles. The molecule has 1 aromatic carbocycles. The molecule has 1 heterocycles. The van der Waals surface area contributed by atoms with Crippen molar-refractivity contribution in [3.63, 3.8) is 0 Å². The topological polar surface area (TPSA) is 85.0 Å². The normalized spacial score (nSPS) is 18.1. The van der Waals surface area contributed by atoms with Gasteiger partial charge in [0.1, 0.15) is 11.2 Å². The maximum absolute atomic E-state index is 12.4. The van der Waals surface area contributed by atoms with Gasteiger partial charge < -0.3 is 10.5 Å². The second-order valence-electron chi connectivity index (χ2n) is 4.10. The average molecular weight is 283 g/mol. The molecule has 19 heavy (non-hydrogen) atoms. The number of para-hydroxylation sites is 1. The van der Waals surface area contributed by atoms with Gasteiger partial charge in [-0.25, -0.2) is 13.4 Å². The minimum Gasteiger partial charge on any atom is -0.375 e. The van der Waals surface area contributed by atoms with Crippen molar-refractivity contribution >= 4 is 22.0 Å². The second kappa shape index (κ2) is 5.68. The standard InChI is InChI=1S/C12H17N3O3S/c1-2-18-10(7-13)8-15-9-14-11-5-3-4-6-12(11)19(15,16)17/h3-6,9-10H,2,7-8,13H2,1H3. The third kappa shape index (κ3) is 2.78. The van der Waals surface area contributed by atoms with Gasteiger partial charge in [0.25, 0.3) is 10.0 Å². The molecule has 1 unspecified atom stereocenters. The van der Waals surface area contributed by atoms with Crippen LogP contribution in [0.15, 0.2) is 34.2 Å². The Labute approximate surface area is 112 Å². The molecule has 2 rings (SSSR count). The van der Waals surface area contributed by atoms with Gasteiger partial charge in [-0.2, -0.15) is 0 Å². The number of nitrogens with zero attached hydrogens (tertiary/aromatic N) is 2. The highest BCUT2D eigenvalue weighted by Crippen LogP contribution is 2.29. The molecule has 1 aliphatic rings. The van der Waals surface area contributed by atoms with E-state index in [0.29, 0.717) is 12.3 Å². The maximum atomic E-state index is 12.4. The van der Waals surface area contributed by atoms with Crippen LogP contribution in [0.3, 0.4) is 0 Å². The van der Waals surface area contributed by atoms with Gasteiger partial charge in [0.2, 0.25) is 0 Å². The van der Waals surface area contributed by atoms with Crippen molar-refractivity contribution < 1.29 is 13.2 Å². The number of rotatable bonds is 5. The molecular weight excluding hydrogens is 266 g/mol. The van der Waals surface area contributed by atoms with Crippen molar-refractivity contribution in [2.24, 2.45) is 10.7 Å². The van der Waals surface area contributed by atoms with E-state index in [9.17, 15) is 8.42 Å². The summed E-state index contributed by atoms with van der Waals surface area (Å²) in [4.78, 5) is 4.36. The molecule has 0 fully saturated rings. The number of ether oxygens (including phenoxy) is 1. The first kappa shape index (κ1) is 14.0. The first-order chi connectivity index (χ1) is 9.09. The highest BCUT2D eigenvalue weighted by atomic mass is 32.2. The summed E-state index contributed by atoms with van der Waals surface area (Å²) in [7, 11) is -3.56. The van der Waals surface area contributed by atoms with Crippen molar-refractivity contribution in [1.29, 1.82) is 0 Å². The number of aliphatic imine (C=N–C) groups is 1. The summed E-state index contributed by atoms with van der Waals surface area (Å²) < 4.78 is 31.4. The number of benzene rings is 1. The Balaban J connectivity index is 2.26. The highest BCUT2D eigenvalue weighted by molar-refractivity contribution is 7.89. The van der Waals surface area contributed by atoms with E-state index in [1.54, 1.807) is 24.3 Å². The van der Waals surface area contributed by atoms with Crippen molar-refractivity contribution in [3.05, 3.63) is 24.3 Å². The molecule has 104 valence electrons. The Kier molecular flexibility index (Phi) is 4.18. The predicted molar refractivity (Wildman–Crippen MR) is 73.0 cm³/mol. The largest absolute Gasteiger partial charge is 0.375 e. The van der Waals surface area contributed by atoms with Crippen LogP contribution in [0.25, 0.3) is 0 Å². The quantitative estimate of drug-likeness (QED) is 0.862. The Morgan fingerprint density at radius 2 is 2.16 bits per heavy atom. The molecule has 0 bridgehead atoms. The van der Waals surface area contributed by atoms with E-state index in [4.69, 9.17) is 10.5 Å². The van der Waals surface area contributed by atoms with Gasteiger partial charge in [-0.05, 0) is 19.1 Å². The molecule has 0 aromatic heterocycles. The lowest BCUT2D eigenvalue weighted by molar-refractivity contribution is 0.0633. The van der Waals surface area contributed by atoms with Gasteiger partial charge in [-0.15, -0.1) is 0 Å². The van der Waals surface area contributed by atoms with Gasteiger partial charge >= 0.3 is 0 Å². The predicted octanol–water partition coefficient (Wildman–Crippen LogP) is 0.715. The van der Waals surface area contributed by atoms with Gasteiger partial charge in [0.05, 0.1) is 18.3 Å². The van der Waals surface area contributed by atoms with Gasteiger partial charge in [0.15, 0.2) is 0 Å². The summed E-state index contributed by atoms with van der Waals surface area (Å²) >= 11 is 0. The van der Waals surface area contributed by atoms with Crippen molar-refractivity contribution in [3.8, 4) is 0 Å². The molecule has 1 aromatic rings. The number of nitrogens with two attached hydrogens (primary N) is 1. The smallest absolute Gasteiger partial charge is 0.267 e. The van der Waals surface area contributed by atoms with Crippen LogP contribution in [0.5, 0.6) is 0 Å². The Morgan fingerprint density at radius 1 is 1.42 bits per heavy atom. The zero-order valence-corrected chi connectivity index (χ0v) is 11.5. The Morgan fingerprint density at radius 3 is 2.84 bits per heavy atom. The molecule has 1 aliphatic heterocycles. The van der Waals surface area contributed by atoms with E-state index in [0.717, 1.165) is 0 Å². The van der Waals surface area contributed by atoms with Crippen molar-refractivity contribution in [1.82, 2.24) is 4.31 Å². The molecule has 7 heteroatoms. The van der Waals surface area contributed by atoms with E-state index in [2.05, 4.69) is 4.99 Å². The van der Waals surface area contributed by atoms with Crippen LogP contribution in [0, 0.1) is 0 Å². The second-order valence-corrected chi connectivity index (χ2v) is 5.96. The molecule has 0 amide bonds. The number of hydrogen-bond donors (Lipinski definition) is 1. The van der Waals surface area contributed by atoms with Crippen LogP contribution >= 0.6 is 0 Å². The zero-order chi connectivity index (χ0) is 13.9. The molecule has 0 saturated heterocycles. The third-order valence-corrected chi connectivity index (χ3v) is 4.59. The summed E-state index contributed by atoms with van der Waals surface area (Å²) in [5, 5.41) is 0. The fourth-order valence-corrected chi connectivity index (χ4v) is 3.30. The lowest BCUT2D eigenvalue weighted by Gasteiger charge is -2.27. The monoisotopic (exact) mass is 283 g/mol. The van der Waals surface area contributed by atoms with Crippen LogP contribution in [0.4, 0.5) is 5.69 Å². The highest BCUT2D eigenvalue weighted by Gasteiger charge is 2.29. The number of sulfonamides is 1. The van der Waals surface area contributed by atoms with Gasteiger partial charge in [-0.1, -0.05) is 12.1 Å². The molecule has 0 radical (unpaired) electrons. The van der Waals surface area contributed by atoms with Crippen LogP contribution < -0.4 is 5.73 Å². The summed E-state index contributed by atoms with van der Waals surface area (Å²) in [6.45, 7) is 2.76. The Hall–Kier alpha value is -1.44. The van der Waals surface area contributed by atoms with Gasteiger partial charge in [0, 0.05) is 13.2 Å². The molecule has 0 aliphatic carbocycles. The van der Waals surface area contributed by atoms with E-state index in [-0.39, 0.29) is 24.1 Å². The SMILES string of the molecule is CCOC(CN)CN1C=Nc2ccccc2S1(=O)=O. The number of fused-ring (bicyclic) bond motifs is 1. The summed E-state index contributed by atoms with van der Waals surface area (Å²) in [5.74, 6) is 0. The van der Waals surface area contributed by atoms with Gasteiger partial charge in [-0.3, -0.25) is 4.31 Å². The lowest BCUT2D eigenvalue weighted by atomic mass is 10.3. The van der Waals surface area contributed by atoms with E-state index in [1.807, 2.05) is 6.92 Å². The van der Waals surface area contributed by atoms with E-state index in [1.165, 1.54) is 10.6 Å². The first-order valence-corrected chi connectivity index (χ1v) is 7.50. The third-order valence-electron chi connectivity index (χ3n) is 2.83. The minimum absolute atomic E-state index is 0.171. The number of hydrogen-bond acceptors (Lipinski definition) is 5. The fraction of sp³-hybridized carbons (Fsp3) is 0.417. The Bertz CT molecular complexity index is 571. The maximum Gasteiger partial charge on any atom is 0.267 e. The van der Waals surface area contributed by atoms with Crippen molar-refractivity contribution in [2.45, 2.75) is 17.9 Å². The summed E-state index contributed by atoms with van der Waals surface area (Å²) in [5.41, 5.74) is 6.03. The molecule has 2 N–H and O–H groups in total. The zero-order valence-electron chi connectivity index (χ0n) is 10.7. The first-order valence-electron chi connectivity index (χ1n) is 6.06. The summed E-state index contributed by atoms with van der Waals surface area (Å²) in [6.07, 6.45) is 0.982. The molecular formula is C12H17N3O3S. The van der Waals surface area contributed by atoms with Crippen LogP contribution in [-0.4, -0.2) is 44.9 Å². The molecule has 0 spiro atoms. The van der Waals surface area contributed by atoms with E-state index < -0.39 is 10.0 Å². The van der Waals surface area contributed by atoms with Crippen molar-refractivity contribution in [2.75, 3.05) is 19.7 Å². The fourth-order valence-electron chi connectivity index (χ4n) is 1.87. The van der Waals surface area contributed by atoms with Crippen LogP contribution in [-0.2, 0) is 14.8 Å². The summed E-state index contributed by atoms with van der Waals surface area (Å²) in [6, 6.07) is 6.65. The minimum atomic E-state index is -3.56. The lowest BCUT2D eigenvalue weighted by Crippen LogP contribution is -2.41. The molecule has 6 nitrogen and oxygen atoms in total. The van der Waals surface area contributed by atoms with E-state index >= 15 is 0 Å². The molecule has 1 atom stereocenters. The average Bonchev–Trinajstić information content (AvgIpc) is 2.41.